The fourth-order valence-electron chi connectivity index (χ4n) is 0.0962. The molecule has 1 heterocycles. The quantitative estimate of drug-likeness (QED) is 0.450. The van der Waals surface area contributed by atoms with E-state index < -0.39 is 0 Å². The van der Waals surface area contributed by atoms with Gasteiger partial charge >= 0.3 is 0 Å². The summed E-state index contributed by atoms with van der Waals surface area (Å²) in [6.07, 6.45) is 0.583. The summed E-state index contributed by atoms with van der Waals surface area (Å²) < 4.78 is 4.71. The van der Waals surface area contributed by atoms with Crippen LogP contribution in [0.25, 0.3) is 0 Å². The lowest BCUT2D eigenvalue weighted by molar-refractivity contribution is 0.423. The standard InChI is InChI=1S/C3H6O.C2H7N/c1-3-2-4-3;1-2-3/h3H,2H2,1H3;2-3H2,1H3/t3-;/m1./s1. The Kier molecular flexibility index (Phi) is 4.04. The summed E-state index contributed by atoms with van der Waals surface area (Å²) in [5.41, 5.74) is 4.85. The zero-order chi connectivity index (χ0) is 5.70. The lowest BCUT2D eigenvalue weighted by Gasteiger charge is -1.53. The van der Waals surface area contributed by atoms with Gasteiger partial charge in [-0.3, -0.25) is 0 Å². The molecule has 2 N–H and O–H groups in total. The number of epoxide rings is 1. The van der Waals surface area contributed by atoms with Crippen molar-refractivity contribution in [1.82, 2.24) is 0 Å². The van der Waals surface area contributed by atoms with Crippen LogP contribution in [0.5, 0.6) is 0 Å². The van der Waals surface area contributed by atoms with Gasteiger partial charge in [0.25, 0.3) is 0 Å². The summed E-state index contributed by atoms with van der Waals surface area (Å²) in [4.78, 5) is 0. The van der Waals surface area contributed by atoms with E-state index >= 15 is 0 Å². The van der Waals surface area contributed by atoms with Gasteiger partial charge in [0.2, 0.25) is 0 Å². The number of nitrogens with two attached hydrogens (primary N) is 1. The summed E-state index contributed by atoms with van der Waals surface area (Å²) in [6, 6.07) is 0. The number of hydrogen-bond donors (Lipinski definition) is 1. The van der Waals surface area contributed by atoms with Gasteiger partial charge in [0.15, 0.2) is 0 Å². The fourth-order valence-corrected chi connectivity index (χ4v) is 0.0962. The molecule has 2 nitrogen and oxygen atoms in total. The van der Waals surface area contributed by atoms with Gasteiger partial charge in [0.05, 0.1) is 12.7 Å². The predicted molar refractivity (Wildman–Crippen MR) is 30.1 cm³/mol. The van der Waals surface area contributed by atoms with E-state index in [-0.39, 0.29) is 0 Å². The van der Waals surface area contributed by atoms with Gasteiger partial charge in [0.1, 0.15) is 0 Å². The maximum Gasteiger partial charge on any atom is 0.0781 e. The second-order valence-electron chi connectivity index (χ2n) is 1.55. The molecule has 1 atom stereocenters. The highest BCUT2D eigenvalue weighted by Gasteiger charge is 2.13. The van der Waals surface area contributed by atoms with Crippen LogP contribution in [0, 0.1) is 0 Å². The molecule has 0 aliphatic carbocycles. The number of hydrogen-bond acceptors (Lipinski definition) is 2. The van der Waals surface area contributed by atoms with Crippen molar-refractivity contribution in [2.24, 2.45) is 5.73 Å². The van der Waals surface area contributed by atoms with Gasteiger partial charge in [-0.1, -0.05) is 6.92 Å². The van der Waals surface area contributed by atoms with Gasteiger partial charge in [-0.05, 0) is 13.5 Å². The Morgan fingerprint density at radius 1 is 1.86 bits per heavy atom. The molecule has 0 unspecified atom stereocenters. The van der Waals surface area contributed by atoms with Crippen LogP contribution in [-0.2, 0) is 4.74 Å². The summed E-state index contributed by atoms with van der Waals surface area (Å²) in [6.45, 7) is 5.69. The molecule has 0 radical (unpaired) electrons. The van der Waals surface area contributed by atoms with Crippen molar-refractivity contribution < 1.29 is 4.74 Å². The molecular formula is C5H13NO. The molecule has 0 aromatic rings. The number of rotatable bonds is 0. The molecule has 0 amide bonds. The van der Waals surface area contributed by atoms with Crippen LogP contribution in [0.3, 0.4) is 0 Å². The lowest BCUT2D eigenvalue weighted by Crippen LogP contribution is -1.87. The lowest BCUT2D eigenvalue weighted by atomic mass is 10.6. The average Bonchev–Trinajstić information content (AvgIpc) is 2.25. The van der Waals surface area contributed by atoms with E-state index in [0.29, 0.717) is 6.10 Å². The smallest absolute Gasteiger partial charge is 0.0781 e. The SMILES string of the molecule is CCN.C[C@@H]1CO1. The summed E-state index contributed by atoms with van der Waals surface area (Å²) in [5, 5.41) is 0. The summed E-state index contributed by atoms with van der Waals surface area (Å²) in [7, 11) is 0. The van der Waals surface area contributed by atoms with E-state index in [0.717, 1.165) is 13.2 Å². The van der Waals surface area contributed by atoms with Gasteiger partial charge in [-0.15, -0.1) is 0 Å². The van der Waals surface area contributed by atoms with E-state index in [9.17, 15) is 0 Å². The Bertz CT molecular complexity index is 35.1. The molecule has 1 aliphatic heterocycles. The maximum atomic E-state index is 4.85. The highest BCUT2D eigenvalue weighted by molar-refractivity contribution is 4.58. The minimum atomic E-state index is 0.583. The van der Waals surface area contributed by atoms with Crippen molar-refractivity contribution in [3.8, 4) is 0 Å². The highest BCUT2D eigenvalue weighted by atomic mass is 16.6. The molecule has 7 heavy (non-hydrogen) atoms. The molecule has 1 aliphatic rings. The molecule has 44 valence electrons. The van der Waals surface area contributed by atoms with E-state index in [1.54, 1.807) is 0 Å². The van der Waals surface area contributed by atoms with Crippen molar-refractivity contribution in [3.63, 3.8) is 0 Å². The third kappa shape index (κ3) is 10.7. The molecular weight excluding hydrogens is 90.1 g/mol. The van der Waals surface area contributed by atoms with Crippen molar-refractivity contribution in [2.75, 3.05) is 13.2 Å². The topological polar surface area (TPSA) is 38.5 Å². The van der Waals surface area contributed by atoms with E-state index in [1.807, 2.05) is 6.92 Å². The van der Waals surface area contributed by atoms with Crippen LogP contribution in [0.1, 0.15) is 13.8 Å². The van der Waals surface area contributed by atoms with Crippen molar-refractivity contribution in [2.45, 2.75) is 20.0 Å². The fraction of sp³-hybridized carbons (Fsp3) is 1.00. The zero-order valence-electron chi connectivity index (χ0n) is 4.98. The molecule has 0 saturated carbocycles. The van der Waals surface area contributed by atoms with Crippen LogP contribution in [0.15, 0.2) is 0 Å². The van der Waals surface area contributed by atoms with Gasteiger partial charge in [0, 0.05) is 0 Å². The first-order valence-electron chi connectivity index (χ1n) is 2.63. The molecule has 1 rings (SSSR count). The predicted octanol–water partition coefficient (Wildman–Crippen LogP) is 0.370. The van der Waals surface area contributed by atoms with Gasteiger partial charge in [-0.25, -0.2) is 0 Å². The molecule has 1 saturated heterocycles. The van der Waals surface area contributed by atoms with Crippen molar-refractivity contribution in [3.05, 3.63) is 0 Å². The van der Waals surface area contributed by atoms with E-state index in [4.69, 9.17) is 10.5 Å². The first kappa shape index (κ1) is 6.92. The Labute approximate surface area is 44.7 Å². The Morgan fingerprint density at radius 3 is 2.00 bits per heavy atom. The largest absolute Gasteiger partial charge is 0.373 e. The second kappa shape index (κ2) is 4.09. The van der Waals surface area contributed by atoms with Crippen molar-refractivity contribution >= 4 is 0 Å². The third-order valence-electron chi connectivity index (χ3n) is 0.500. The van der Waals surface area contributed by atoms with E-state index in [1.165, 1.54) is 0 Å². The average molecular weight is 103 g/mol. The van der Waals surface area contributed by atoms with Crippen LogP contribution in [-0.4, -0.2) is 19.3 Å². The normalized spacial score (nSPS) is 25.3. The third-order valence-corrected chi connectivity index (χ3v) is 0.500. The van der Waals surface area contributed by atoms with Crippen LogP contribution >= 0.6 is 0 Å². The molecule has 1 fully saturated rings. The Hall–Kier alpha value is -0.0800. The molecule has 0 aromatic heterocycles. The zero-order valence-corrected chi connectivity index (χ0v) is 4.98. The first-order chi connectivity index (χ1) is 3.31. The van der Waals surface area contributed by atoms with Crippen molar-refractivity contribution in [1.29, 1.82) is 0 Å². The first-order valence-corrected chi connectivity index (χ1v) is 2.63. The highest BCUT2D eigenvalue weighted by Crippen LogP contribution is 2.04. The number of ether oxygens (including phenoxy) is 1. The Balaban J connectivity index is 0.000000110. The molecule has 0 bridgehead atoms. The minimum Gasteiger partial charge on any atom is -0.373 e. The van der Waals surface area contributed by atoms with E-state index in [2.05, 4.69) is 6.92 Å². The van der Waals surface area contributed by atoms with Crippen LogP contribution in [0.2, 0.25) is 0 Å². The molecule has 2 heteroatoms. The summed E-state index contributed by atoms with van der Waals surface area (Å²) in [5.74, 6) is 0. The minimum absolute atomic E-state index is 0.583. The van der Waals surface area contributed by atoms with Gasteiger partial charge in [-0.2, -0.15) is 0 Å². The second-order valence-corrected chi connectivity index (χ2v) is 1.55. The monoisotopic (exact) mass is 103 g/mol. The summed E-state index contributed by atoms with van der Waals surface area (Å²) >= 11 is 0. The maximum absolute atomic E-state index is 4.85. The van der Waals surface area contributed by atoms with Crippen LogP contribution < -0.4 is 5.73 Å². The Morgan fingerprint density at radius 2 is 2.00 bits per heavy atom. The molecule has 0 aromatic carbocycles. The van der Waals surface area contributed by atoms with Crippen LogP contribution in [0.4, 0.5) is 0 Å². The molecule has 0 spiro atoms. The van der Waals surface area contributed by atoms with Gasteiger partial charge < -0.3 is 10.5 Å².